The van der Waals surface area contributed by atoms with Gasteiger partial charge in [-0.15, -0.1) is 0 Å². The van der Waals surface area contributed by atoms with Gasteiger partial charge in [0, 0.05) is 37.8 Å². The van der Waals surface area contributed by atoms with Crippen LogP contribution in [0.2, 0.25) is 0 Å². The van der Waals surface area contributed by atoms with Gasteiger partial charge in [-0.3, -0.25) is 4.79 Å². The number of nitrogens with two attached hydrogens (primary N) is 1. The quantitative estimate of drug-likeness (QED) is 0.845. The van der Waals surface area contributed by atoms with E-state index < -0.39 is 0 Å². The number of hydrogen-bond acceptors (Lipinski definition) is 3. The summed E-state index contributed by atoms with van der Waals surface area (Å²) in [6, 6.07) is 7.86. The highest BCUT2D eigenvalue weighted by atomic mass is 16.2. The lowest BCUT2D eigenvalue weighted by Gasteiger charge is -2.38. The third kappa shape index (κ3) is 2.71. The molecule has 0 aliphatic carbocycles. The van der Waals surface area contributed by atoms with E-state index in [1.807, 2.05) is 29.2 Å². The van der Waals surface area contributed by atoms with Crippen LogP contribution in [0.5, 0.6) is 0 Å². The van der Waals surface area contributed by atoms with Crippen molar-refractivity contribution in [1.82, 2.24) is 9.80 Å². The Bertz CT molecular complexity index is 416. The smallest absolute Gasteiger partial charge is 0.254 e. The van der Waals surface area contributed by atoms with Crippen LogP contribution >= 0.6 is 0 Å². The zero-order chi connectivity index (χ0) is 13.1. The van der Waals surface area contributed by atoms with Gasteiger partial charge >= 0.3 is 0 Å². The lowest BCUT2D eigenvalue weighted by atomic mass is 10.1. The zero-order valence-electron chi connectivity index (χ0n) is 11.1. The summed E-state index contributed by atoms with van der Waals surface area (Å²) in [4.78, 5) is 16.6. The number of nitrogens with zero attached hydrogens (tertiary/aromatic N) is 2. The van der Waals surface area contributed by atoms with Gasteiger partial charge in [-0.2, -0.15) is 0 Å². The van der Waals surface area contributed by atoms with E-state index in [-0.39, 0.29) is 11.9 Å². The van der Waals surface area contributed by atoms with Crippen molar-refractivity contribution in [2.24, 2.45) is 5.73 Å². The van der Waals surface area contributed by atoms with Crippen molar-refractivity contribution in [3.63, 3.8) is 0 Å². The molecule has 0 radical (unpaired) electrons. The number of carbonyl (C=O) groups excluding carboxylic acids is 1. The summed E-state index contributed by atoms with van der Waals surface area (Å²) in [5.74, 6) is 0.124. The summed E-state index contributed by atoms with van der Waals surface area (Å²) < 4.78 is 0. The molecule has 4 heteroatoms. The molecular weight excluding hydrogens is 226 g/mol. The van der Waals surface area contributed by atoms with Crippen molar-refractivity contribution < 1.29 is 4.79 Å². The molecule has 18 heavy (non-hydrogen) atoms. The second-order valence-electron chi connectivity index (χ2n) is 5.01. The van der Waals surface area contributed by atoms with Crippen LogP contribution in [0.25, 0.3) is 0 Å². The van der Waals surface area contributed by atoms with Crippen LogP contribution in [0, 0.1) is 0 Å². The largest absolute Gasteiger partial charge is 0.333 e. The van der Waals surface area contributed by atoms with Gasteiger partial charge in [-0.1, -0.05) is 12.1 Å². The Balaban J connectivity index is 2.10. The Morgan fingerprint density at radius 1 is 1.33 bits per heavy atom. The molecular formula is C14H21N3O. The summed E-state index contributed by atoms with van der Waals surface area (Å²) in [5, 5.41) is 0. The van der Waals surface area contributed by atoms with Gasteiger partial charge in [-0.25, -0.2) is 0 Å². The molecule has 1 saturated heterocycles. The van der Waals surface area contributed by atoms with E-state index in [0.29, 0.717) is 6.54 Å². The summed E-state index contributed by atoms with van der Waals surface area (Å²) in [7, 11) is 2.09. The highest BCUT2D eigenvalue weighted by Crippen LogP contribution is 2.13. The van der Waals surface area contributed by atoms with Crippen LogP contribution < -0.4 is 5.73 Å². The fourth-order valence-electron chi connectivity index (χ4n) is 2.39. The maximum Gasteiger partial charge on any atom is 0.254 e. The van der Waals surface area contributed by atoms with Crippen LogP contribution in [0.15, 0.2) is 24.3 Å². The van der Waals surface area contributed by atoms with Crippen LogP contribution in [0.3, 0.4) is 0 Å². The number of benzene rings is 1. The molecule has 1 aliphatic rings. The standard InChI is InChI=1S/C14H21N3O/c1-11-10-16(2)7-8-17(11)14(18)13-5-3-12(9-15)4-6-13/h3-6,11H,7-10,15H2,1-2H3. The van der Waals surface area contributed by atoms with E-state index in [4.69, 9.17) is 5.73 Å². The van der Waals surface area contributed by atoms with Crippen LogP contribution in [-0.4, -0.2) is 48.4 Å². The fourth-order valence-corrected chi connectivity index (χ4v) is 2.39. The average Bonchev–Trinajstić information content (AvgIpc) is 2.38. The van der Waals surface area contributed by atoms with Crippen LogP contribution in [0.4, 0.5) is 0 Å². The predicted molar refractivity (Wildman–Crippen MR) is 72.3 cm³/mol. The summed E-state index contributed by atoms with van der Waals surface area (Å²) in [6.45, 7) is 5.29. The number of likely N-dealkylation sites (N-methyl/N-ethyl adjacent to an activating group) is 1. The lowest BCUT2D eigenvalue weighted by molar-refractivity contribution is 0.0533. The molecule has 2 rings (SSSR count). The first-order valence-electron chi connectivity index (χ1n) is 6.40. The monoisotopic (exact) mass is 247 g/mol. The summed E-state index contributed by atoms with van der Waals surface area (Å²) >= 11 is 0. The molecule has 1 aromatic carbocycles. The first-order chi connectivity index (χ1) is 8.61. The molecule has 1 amide bonds. The minimum Gasteiger partial charge on any atom is -0.333 e. The first kappa shape index (κ1) is 13.1. The van der Waals surface area contributed by atoms with Gasteiger partial charge in [-0.05, 0) is 31.7 Å². The molecule has 0 saturated carbocycles. The van der Waals surface area contributed by atoms with Crippen molar-refractivity contribution in [2.75, 3.05) is 26.7 Å². The Labute approximate surface area is 108 Å². The predicted octanol–water partition coefficient (Wildman–Crippen LogP) is 0.921. The van der Waals surface area contributed by atoms with E-state index in [1.54, 1.807) is 0 Å². The van der Waals surface area contributed by atoms with Gasteiger partial charge in [0.1, 0.15) is 0 Å². The minimum absolute atomic E-state index is 0.124. The number of hydrogen-bond donors (Lipinski definition) is 1. The van der Waals surface area contributed by atoms with E-state index in [9.17, 15) is 4.79 Å². The summed E-state index contributed by atoms with van der Waals surface area (Å²) in [6.07, 6.45) is 0. The second kappa shape index (κ2) is 5.50. The Hall–Kier alpha value is -1.39. The van der Waals surface area contributed by atoms with Crippen molar-refractivity contribution in [3.8, 4) is 0 Å². The fraction of sp³-hybridized carbons (Fsp3) is 0.500. The molecule has 1 heterocycles. The molecule has 1 aromatic rings. The van der Waals surface area contributed by atoms with Crippen LogP contribution in [-0.2, 0) is 6.54 Å². The number of carbonyl (C=O) groups is 1. The average molecular weight is 247 g/mol. The topological polar surface area (TPSA) is 49.6 Å². The number of amides is 1. The van der Waals surface area contributed by atoms with Crippen LogP contribution in [0.1, 0.15) is 22.8 Å². The van der Waals surface area contributed by atoms with Gasteiger partial charge < -0.3 is 15.5 Å². The molecule has 1 unspecified atom stereocenters. The molecule has 1 aliphatic heterocycles. The van der Waals surface area contributed by atoms with Crippen molar-refractivity contribution in [3.05, 3.63) is 35.4 Å². The van der Waals surface area contributed by atoms with E-state index in [1.165, 1.54) is 0 Å². The maximum absolute atomic E-state index is 12.4. The molecule has 0 spiro atoms. The highest BCUT2D eigenvalue weighted by molar-refractivity contribution is 5.94. The number of piperazine rings is 1. The van der Waals surface area contributed by atoms with E-state index >= 15 is 0 Å². The van der Waals surface area contributed by atoms with Gasteiger partial charge in [0.15, 0.2) is 0 Å². The molecule has 4 nitrogen and oxygen atoms in total. The Kier molecular flexibility index (Phi) is 3.99. The van der Waals surface area contributed by atoms with Gasteiger partial charge in [0.2, 0.25) is 0 Å². The zero-order valence-corrected chi connectivity index (χ0v) is 11.1. The normalized spacial score (nSPS) is 21.1. The Morgan fingerprint density at radius 2 is 2.00 bits per heavy atom. The highest BCUT2D eigenvalue weighted by Gasteiger charge is 2.26. The van der Waals surface area contributed by atoms with Crippen molar-refractivity contribution >= 4 is 5.91 Å². The van der Waals surface area contributed by atoms with Crippen molar-refractivity contribution in [1.29, 1.82) is 0 Å². The maximum atomic E-state index is 12.4. The Morgan fingerprint density at radius 3 is 2.56 bits per heavy atom. The molecule has 2 N–H and O–H groups in total. The van der Waals surface area contributed by atoms with E-state index in [2.05, 4.69) is 18.9 Å². The molecule has 0 bridgehead atoms. The minimum atomic E-state index is 0.124. The number of rotatable bonds is 2. The lowest BCUT2D eigenvalue weighted by Crippen LogP contribution is -2.52. The third-order valence-electron chi connectivity index (χ3n) is 3.53. The molecule has 1 atom stereocenters. The SMILES string of the molecule is CC1CN(C)CCN1C(=O)c1ccc(CN)cc1. The molecule has 98 valence electrons. The second-order valence-corrected chi connectivity index (χ2v) is 5.01. The first-order valence-corrected chi connectivity index (χ1v) is 6.40. The molecule has 1 fully saturated rings. The van der Waals surface area contributed by atoms with E-state index in [0.717, 1.165) is 30.8 Å². The molecule has 0 aromatic heterocycles. The van der Waals surface area contributed by atoms with Crippen molar-refractivity contribution in [2.45, 2.75) is 19.5 Å². The summed E-state index contributed by atoms with van der Waals surface area (Å²) in [5.41, 5.74) is 7.36. The third-order valence-corrected chi connectivity index (χ3v) is 3.53. The van der Waals surface area contributed by atoms with Gasteiger partial charge in [0.25, 0.3) is 5.91 Å². The van der Waals surface area contributed by atoms with Gasteiger partial charge in [0.05, 0.1) is 0 Å².